The first-order valence-electron chi connectivity index (χ1n) is 8.19. The molecule has 2 aromatic carbocycles. The monoisotopic (exact) mass is 340 g/mol. The summed E-state index contributed by atoms with van der Waals surface area (Å²) in [7, 11) is 1.64. The number of nitriles is 1. The number of methoxy groups -OCH3 is 1. The fourth-order valence-electron chi connectivity index (χ4n) is 3.01. The molecule has 0 N–H and O–H groups in total. The Morgan fingerprint density at radius 3 is 2.38 bits per heavy atom. The highest BCUT2D eigenvalue weighted by Crippen LogP contribution is 2.31. The van der Waals surface area contributed by atoms with E-state index in [0.29, 0.717) is 11.1 Å². The van der Waals surface area contributed by atoms with Gasteiger partial charge in [0.1, 0.15) is 23.7 Å². The van der Waals surface area contributed by atoms with E-state index in [4.69, 9.17) is 4.74 Å². The number of hydrogen-bond donors (Lipinski definition) is 0. The van der Waals surface area contributed by atoms with Crippen LogP contribution in [0.2, 0.25) is 0 Å². The van der Waals surface area contributed by atoms with Gasteiger partial charge in [-0.2, -0.15) is 5.26 Å². The van der Waals surface area contributed by atoms with Crippen LogP contribution in [0.5, 0.6) is 5.75 Å². The van der Waals surface area contributed by atoms with Gasteiger partial charge < -0.3 is 9.30 Å². The van der Waals surface area contributed by atoms with Gasteiger partial charge in [-0.15, -0.1) is 0 Å². The van der Waals surface area contributed by atoms with Crippen LogP contribution in [0, 0.1) is 18.3 Å². The van der Waals surface area contributed by atoms with Crippen LogP contribution in [0.4, 0.5) is 0 Å². The van der Waals surface area contributed by atoms with Crippen molar-refractivity contribution < 1.29 is 4.74 Å². The van der Waals surface area contributed by atoms with Crippen molar-refractivity contribution >= 4 is 11.0 Å². The number of nitrogens with zero attached hydrogens (tertiary/aromatic N) is 4. The van der Waals surface area contributed by atoms with Crippen LogP contribution in [0.25, 0.3) is 28.0 Å². The largest absolute Gasteiger partial charge is 0.497 e. The molecule has 5 heteroatoms. The van der Waals surface area contributed by atoms with Crippen LogP contribution >= 0.6 is 0 Å². The normalized spacial score (nSPS) is 10.7. The summed E-state index contributed by atoms with van der Waals surface area (Å²) in [6.07, 6.45) is 3.32. The first kappa shape index (κ1) is 15.9. The van der Waals surface area contributed by atoms with E-state index in [1.807, 2.05) is 47.9 Å². The second-order valence-corrected chi connectivity index (χ2v) is 6.01. The summed E-state index contributed by atoms with van der Waals surface area (Å²) in [6, 6.07) is 18.1. The number of aromatic nitrogens is 3. The van der Waals surface area contributed by atoms with Crippen LogP contribution in [0.1, 0.15) is 11.1 Å². The average Bonchev–Trinajstić information content (AvgIpc) is 3.08. The van der Waals surface area contributed by atoms with Crippen molar-refractivity contribution in [2.24, 2.45) is 0 Å². The lowest BCUT2D eigenvalue weighted by Gasteiger charge is -2.10. The predicted octanol–water partition coefficient (Wildman–Crippen LogP) is 4.28. The zero-order valence-electron chi connectivity index (χ0n) is 14.5. The van der Waals surface area contributed by atoms with Crippen LogP contribution in [-0.4, -0.2) is 21.6 Å². The molecule has 0 aliphatic rings. The first-order valence-corrected chi connectivity index (χ1v) is 8.19. The van der Waals surface area contributed by atoms with E-state index in [1.54, 1.807) is 13.3 Å². The zero-order valence-corrected chi connectivity index (χ0v) is 14.5. The molecule has 0 aliphatic heterocycles. The summed E-state index contributed by atoms with van der Waals surface area (Å²) in [6.45, 7) is 2.05. The Kier molecular flexibility index (Phi) is 3.86. The molecule has 126 valence electrons. The molecule has 4 aromatic rings. The summed E-state index contributed by atoms with van der Waals surface area (Å²) < 4.78 is 7.20. The van der Waals surface area contributed by atoms with E-state index in [1.165, 1.54) is 11.9 Å². The first-order chi connectivity index (χ1) is 12.7. The van der Waals surface area contributed by atoms with Gasteiger partial charge >= 0.3 is 0 Å². The molecular weight excluding hydrogens is 324 g/mol. The SMILES string of the molecule is COc1ccc(-n2cc(C#N)c3ncnc(-c4ccc(C)cc4)c32)cc1. The van der Waals surface area contributed by atoms with Crippen LogP contribution in [-0.2, 0) is 0 Å². The van der Waals surface area contributed by atoms with Crippen molar-refractivity contribution in [3.63, 3.8) is 0 Å². The summed E-state index contributed by atoms with van der Waals surface area (Å²) >= 11 is 0. The minimum atomic E-state index is 0.520. The van der Waals surface area contributed by atoms with Gasteiger partial charge in [-0.1, -0.05) is 29.8 Å². The van der Waals surface area contributed by atoms with Gasteiger partial charge in [0.25, 0.3) is 0 Å². The van der Waals surface area contributed by atoms with E-state index in [2.05, 4.69) is 28.2 Å². The molecule has 0 spiro atoms. The number of aryl methyl sites for hydroxylation is 1. The summed E-state index contributed by atoms with van der Waals surface area (Å²) in [4.78, 5) is 8.86. The maximum atomic E-state index is 9.53. The second-order valence-electron chi connectivity index (χ2n) is 6.01. The van der Waals surface area contributed by atoms with Crippen molar-refractivity contribution in [3.8, 4) is 28.8 Å². The van der Waals surface area contributed by atoms with Gasteiger partial charge in [0.2, 0.25) is 0 Å². The number of rotatable bonds is 3. The quantitative estimate of drug-likeness (QED) is 0.558. The molecule has 0 atom stereocenters. The Balaban J connectivity index is 2.00. The fourth-order valence-corrected chi connectivity index (χ4v) is 3.01. The molecule has 0 bridgehead atoms. The van der Waals surface area contributed by atoms with Crippen LogP contribution in [0.3, 0.4) is 0 Å². The van der Waals surface area contributed by atoms with Gasteiger partial charge in [-0.05, 0) is 31.2 Å². The number of ether oxygens (including phenoxy) is 1. The van der Waals surface area contributed by atoms with Crippen molar-refractivity contribution in [1.82, 2.24) is 14.5 Å². The molecule has 0 aliphatic carbocycles. The van der Waals surface area contributed by atoms with Gasteiger partial charge in [0.15, 0.2) is 0 Å². The van der Waals surface area contributed by atoms with Crippen molar-refractivity contribution in [1.29, 1.82) is 5.26 Å². The van der Waals surface area contributed by atoms with E-state index in [9.17, 15) is 5.26 Å². The molecule has 26 heavy (non-hydrogen) atoms. The summed E-state index contributed by atoms with van der Waals surface area (Å²) in [5.41, 5.74) is 5.87. The average molecular weight is 340 g/mol. The maximum absolute atomic E-state index is 9.53. The minimum absolute atomic E-state index is 0.520. The molecule has 0 unspecified atom stereocenters. The lowest BCUT2D eigenvalue weighted by atomic mass is 10.1. The molecule has 2 aromatic heterocycles. The number of fused-ring (bicyclic) bond motifs is 1. The standard InChI is InChI=1S/C21H16N4O/c1-14-3-5-15(6-4-14)19-21-20(24-13-23-19)16(11-22)12-25(21)17-7-9-18(26-2)10-8-17/h3-10,12-13H,1-2H3. The molecule has 0 saturated carbocycles. The molecule has 4 rings (SSSR count). The third-order valence-electron chi connectivity index (χ3n) is 4.37. The van der Waals surface area contributed by atoms with Crippen molar-refractivity contribution in [2.75, 3.05) is 7.11 Å². The Hall–Kier alpha value is -3.65. The van der Waals surface area contributed by atoms with Crippen LogP contribution in [0.15, 0.2) is 61.1 Å². The van der Waals surface area contributed by atoms with E-state index >= 15 is 0 Å². The molecule has 0 saturated heterocycles. The van der Waals surface area contributed by atoms with Crippen molar-refractivity contribution in [3.05, 3.63) is 72.2 Å². The molecule has 2 heterocycles. The molecule has 5 nitrogen and oxygen atoms in total. The minimum Gasteiger partial charge on any atom is -0.497 e. The lowest BCUT2D eigenvalue weighted by Crippen LogP contribution is -1.96. The third-order valence-corrected chi connectivity index (χ3v) is 4.37. The van der Waals surface area contributed by atoms with Gasteiger partial charge in [0, 0.05) is 17.4 Å². The number of hydrogen-bond acceptors (Lipinski definition) is 4. The topological polar surface area (TPSA) is 63.7 Å². The Morgan fingerprint density at radius 1 is 1.00 bits per heavy atom. The Bertz CT molecular complexity index is 1120. The predicted molar refractivity (Wildman–Crippen MR) is 100 cm³/mol. The van der Waals surface area contributed by atoms with E-state index in [0.717, 1.165) is 28.2 Å². The summed E-state index contributed by atoms with van der Waals surface area (Å²) in [5, 5.41) is 9.53. The highest BCUT2D eigenvalue weighted by Gasteiger charge is 2.17. The van der Waals surface area contributed by atoms with Crippen molar-refractivity contribution in [2.45, 2.75) is 6.92 Å². The Labute approximate surface area is 151 Å². The van der Waals surface area contributed by atoms with Gasteiger partial charge in [0.05, 0.1) is 23.9 Å². The third kappa shape index (κ3) is 2.58. The smallest absolute Gasteiger partial charge is 0.119 e. The highest BCUT2D eigenvalue weighted by molar-refractivity contribution is 5.94. The Morgan fingerprint density at radius 2 is 1.73 bits per heavy atom. The van der Waals surface area contributed by atoms with Gasteiger partial charge in [-0.3, -0.25) is 0 Å². The van der Waals surface area contributed by atoms with E-state index in [-0.39, 0.29) is 0 Å². The highest BCUT2D eigenvalue weighted by atomic mass is 16.5. The van der Waals surface area contributed by atoms with Gasteiger partial charge in [-0.25, -0.2) is 9.97 Å². The number of benzene rings is 2. The molecule has 0 fully saturated rings. The maximum Gasteiger partial charge on any atom is 0.119 e. The molecular formula is C21H16N4O. The lowest BCUT2D eigenvalue weighted by molar-refractivity contribution is 0.415. The molecule has 0 amide bonds. The van der Waals surface area contributed by atoms with Crippen LogP contribution < -0.4 is 4.74 Å². The fraction of sp³-hybridized carbons (Fsp3) is 0.0952. The second kappa shape index (κ2) is 6.34. The molecule has 0 radical (unpaired) electrons. The van der Waals surface area contributed by atoms with E-state index < -0.39 is 0 Å². The summed E-state index contributed by atoms with van der Waals surface area (Å²) in [5.74, 6) is 0.778. The zero-order chi connectivity index (χ0) is 18.1.